The first-order chi connectivity index (χ1) is 12.3. The van der Waals surface area contributed by atoms with E-state index in [0.29, 0.717) is 17.1 Å². The van der Waals surface area contributed by atoms with Gasteiger partial charge < -0.3 is 9.80 Å². The van der Waals surface area contributed by atoms with Gasteiger partial charge in [0.1, 0.15) is 8.64 Å². The van der Waals surface area contributed by atoms with Crippen molar-refractivity contribution in [3.63, 3.8) is 0 Å². The highest BCUT2D eigenvalue weighted by molar-refractivity contribution is 8.23. The van der Waals surface area contributed by atoms with Crippen LogP contribution in [0.5, 0.6) is 0 Å². The first-order valence-corrected chi connectivity index (χ1v) is 10.7. The second-order valence-corrected chi connectivity index (χ2v) is 9.40. The van der Waals surface area contributed by atoms with Gasteiger partial charge in [0.2, 0.25) is 0 Å². The van der Waals surface area contributed by atoms with Crippen molar-refractivity contribution in [3.05, 3.63) is 36.2 Å². The molecule has 0 aliphatic heterocycles. The Kier molecular flexibility index (Phi) is 7.87. The number of aromatic nitrogens is 2. The van der Waals surface area contributed by atoms with E-state index < -0.39 is 0 Å². The molecule has 0 spiro atoms. The molecule has 0 N–H and O–H groups in total. The van der Waals surface area contributed by atoms with Crippen LogP contribution < -0.4 is 0 Å². The van der Waals surface area contributed by atoms with Crippen molar-refractivity contribution < 1.29 is 4.79 Å². The maximum absolute atomic E-state index is 13.2. The number of thiocarbonyl (C=S) groups is 2. The van der Waals surface area contributed by atoms with Gasteiger partial charge in [-0.2, -0.15) is 5.10 Å². The Morgan fingerprint density at radius 1 is 1.12 bits per heavy atom. The molecule has 2 heterocycles. The van der Waals surface area contributed by atoms with E-state index in [1.165, 1.54) is 23.5 Å². The lowest BCUT2D eigenvalue weighted by atomic mass is 10.0. The highest BCUT2D eigenvalue weighted by Crippen LogP contribution is 2.24. The van der Waals surface area contributed by atoms with Crippen molar-refractivity contribution in [1.29, 1.82) is 0 Å². The zero-order valence-corrected chi connectivity index (χ0v) is 18.5. The van der Waals surface area contributed by atoms with Crippen LogP contribution in [0.1, 0.15) is 10.4 Å². The third-order valence-electron chi connectivity index (χ3n) is 3.61. The van der Waals surface area contributed by atoms with E-state index in [1.54, 1.807) is 10.7 Å². The number of pyridine rings is 1. The molecule has 0 aromatic carbocycles. The number of fused-ring (bicyclic) bond motifs is 1. The molecule has 0 amide bonds. The number of ketones is 1. The van der Waals surface area contributed by atoms with Gasteiger partial charge in [0.15, 0.2) is 5.78 Å². The minimum Gasteiger partial charge on any atom is -0.364 e. The molecule has 0 unspecified atom stereocenters. The van der Waals surface area contributed by atoms with E-state index in [9.17, 15) is 4.79 Å². The van der Waals surface area contributed by atoms with Crippen LogP contribution in [-0.4, -0.2) is 73.5 Å². The summed E-state index contributed by atoms with van der Waals surface area (Å²) < 4.78 is 3.25. The number of nitrogens with zero attached hydrogens (tertiary/aromatic N) is 4. The number of carbonyl (C=O) groups is 1. The fourth-order valence-corrected chi connectivity index (χ4v) is 4.45. The van der Waals surface area contributed by atoms with Crippen LogP contribution in [0.2, 0.25) is 0 Å². The van der Waals surface area contributed by atoms with Gasteiger partial charge in [-0.3, -0.25) is 4.79 Å². The van der Waals surface area contributed by atoms with E-state index in [0.717, 1.165) is 14.2 Å². The molecular weight excluding hydrogens is 404 g/mol. The molecule has 26 heavy (non-hydrogen) atoms. The van der Waals surface area contributed by atoms with Crippen molar-refractivity contribution in [3.8, 4) is 0 Å². The fourth-order valence-electron chi connectivity index (χ4n) is 2.15. The Morgan fingerprint density at radius 3 is 2.23 bits per heavy atom. The van der Waals surface area contributed by atoms with E-state index in [2.05, 4.69) is 5.10 Å². The third kappa shape index (κ3) is 5.42. The Bertz CT molecular complexity index is 779. The van der Waals surface area contributed by atoms with Crippen LogP contribution in [0.25, 0.3) is 5.52 Å². The maximum Gasteiger partial charge on any atom is 0.171 e. The largest absolute Gasteiger partial charge is 0.364 e. The molecule has 0 saturated heterocycles. The lowest BCUT2D eigenvalue weighted by molar-refractivity contribution is 0.0946. The molecule has 140 valence electrons. The van der Waals surface area contributed by atoms with Crippen LogP contribution in [0.4, 0.5) is 0 Å². The van der Waals surface area contributed by atoms with Crippen LogP contribution >= 0.6 is 48.0 Å². The van der Waals surface area contributed by atoms with Crippen LogP contribution in [0.3, 0.4) is 0 Å². The SMILES string of the molecule is CN(C)C(=S)SCC(CSC(=S)N(C)C)C(=O)c1cnn2ccccc12. The van der Waals surface area contributed by atoms with Crippen molar-refractivity contribution in [2.75, 3.05) is 39.7 Å². The smallest absolute Gasteiger partial charge is 0.171 e. The summed E-state index contributed by atoms with van der Waals surface area (Å²) in [6.45, 7) is 0. The van der Waals surface area contributed by atoms with Crippen molar-refractivity contribution in [2.24, 2.45) is 5.92 Å². The number of carbonyl (C=O) groups excluding carboxylic acids is 1. The summed E-state index contributed by atoms with van der Waals surface area (Å²) in [6.07, 6.45) is 3.49. The quantitative estimate of drug-likeness (QED) is 0.515. The molecule has 2 aromatic heterocycles. The summed E-state index contributed by atoms with van der Waals surface area (Å²) in [5, 5.41) is 4.28. The molecule has 0 radical (unpaired) electrons. The normalized spacial score (nSPS) is 11.0. The van der Waals surface area contributed by atoms with E-state index in [-0.39, 0.29) is 11.7 Å². The standard InChI is InChI=1S/C17H22N4OS4/c1-19(2)16(23)25-10-12(11-26-17(24)20(3)4)15(22)13-9-18-21-8-6-5-7-14(13)21/h5-9,12H,10-11H2,1-4H3. The van der Waals surface area contributed by atoms with Crippen molar-refractivity contribution in [2.45, 2.75) is 0 Å². The molecular formula is C17H22N4OS4. The molecule has 0 bridgehead atoms. The van der Waals surface area contributed by atoms with Gasteiger partial charge in [-0.05, 0) is 12.1 Å². The third-order valence-corrected chi connectivity index (χ3v) is 7.41. The average Bonchev–Trinajstić information content (AvgIpc) is 3.04. The maximum atomic E-state index is 13.2. The molecule has 2 aromatic rings. The lowest BCUT2D eigenvalue weighted by Crippen LogP contribution is -2.25. The number of hydrogen-bond acceptors (Lipinski definition) is 6. The van der Waals surface area contributed by atoms with Crippen molar-refractivity contribution in [1.82, 2.24) is 19.4 Å². The van der Waals surface area contributed by atoms with Crippen LogP contribution in [0.15, 0.2) is 30.6 Å². The monoisotopic (exact) mass is 426 g/mol. The van der Waals surface area contributed by atoms with Gasteiger partial charge in [0.25, 0.3) is 0 Å². The van der Waals surface area contributed by atoms with Gasteiger partial charge in [-0.15, -0.1) is 0 Å². The predicted octanol–water partition coefficient (Wildman–Crippen LogP) is 3.29. The molecule has 0 aliphatic rings. The molecule has 5 nitrogen and oxygen atoms in total. The Hall–Kier alpha value is -1.16. The number of Topliss-reactive ketones (excluding diaryl/α,β-unsaturated/α-hetero) is 1. The average molecular weight is 427 g/mol. The molecule has 9 heteroatoms. The molecule has 0 fully saturated rings. The second-order valence-electron chi connectivity index (χ2n) is 6.09. The molecule has 0 saturated carbocycles. The van der Waals surface area contributed by atoms with Crippen LogP contribution in [-0.2, 0) is 0 Å². The second kappa shape index (κ2) is 9.68. The Morgan fingerprint density at radius 2 is 1.69 bits per heavy atom. The lowest BCUT2D eigenvalue weighted by Gasteiger charge is -2.19. The van der Waals surface area contributed by atoms with Crippen LogP contribution in [0, 0.1) is 5.92 Å². The van der Waals surface area contributed by atoms with Crippen molar-refractivity contribution >= 4 is 67.9 Å². The van der Waals surface area contributed by atoms with Gasteiger partial charge in [-0.25, -0.2) is 4.52 Å². The number of hydrogen-bond donors (Lipinski definition) is 0. The minimum atomic E-state index is -0.200. The summed E-state index contributed by atoms with van der Waals surface area (Å²) in [5.74, 6) is 1.11. The molecule has 2 rings (SSSR count). The fraction of sp³-hybridized carbons (Fsp3) is 0.412. The summed E-state index contributed by atoms with van der Waals surface area (Å²) in [7, 11) is 7.64. The number of thioether (sulfide) groups is 2. The zero-order chi connectivity index (χ0) is 19.3. The predicted molar refractivity (Wildman–Crippen MR) is 120 cm³/mol. The minimum absolute atomic E-state index is 0.0781. The number of rotatable bonds is 6. The Balaban J connectivity index is 2.19. The molecule has 0 atom stereocenters. The first kappa shape index (κ1) is 21.1. The topological polar surface area (TPSA) is 40.8 Å². The summed E-state index contributed by atoms with van der Waals surface area (Å²) in [4.78, 5) is 17.0. The van der Waals surface area contributed by atoms with E-state index in [4.69, 9.17) is 24.4 Å². The van der Waals surface area contributed by atoms with E-state index in [1.807, 2.05) is 62.4 Å². The zero-order valence-electron chi connectivity index (χ0n) is 15.2. The summed E-state index contributed by atoms with van der Waals surface area (Å²) >= 11 is 13.8. The highest BCUT2D eigenvalue weighted by atomic mass is 32.2. The highest BCUT2D eigenvalue weighted by Gasteiger charge is 2.25. The van der Waals surface area contributed by atoms with Gasteiger partial charge >= 0.3 is 0 Å². The molecule has 0 aliphatic carbocycles. The summed E-state index contributed by atoms with van der Waals surface area (Å²) in [6, 6.07) is 5.71. The summed E-state index contributed by atoms with van der Waals surface area (Å²) in [5.41, 5.74) is 1.46. The first-order valence-electron chi connectivity index (χ1n) is 7.96. The van der Waals surface area contributed by atoms with Gasteiger partial charge in [0, 0.05) is 51.8 Å². The Labute approximate surface area is 173 Å². The van der Waals surface area contributed by atoms with Gasteiger partial charge in [-0.1, -0.05) is 54.0 Å². The van der Waals surface area contributed by atoms with E-state index >= 15 is 0 Å². The van der Waals surface area contributed by atoms with Gasteiger partial charge in [0.05, 0.1) is 17.3 Å².